The summed E-state index contributed by atoms with van der Waals surface area (Å²) in [6.45, 7) is 0.886. The zero-order valence-electron chi connectivity index (χ0n) is 17.5. The fourth-order valence-electron chi connectivity index (χ4n) is 3.41. The van der Waals surface area contributed by atoms with E-state index in [0.29, 0.717) is 31.7 Å². The van der Waals surface area contributed by atoms with Crippen molar-refractivity contribution in [1.82, 2.24) is 4.90 Å². The molecule has 0 saturated carbocycles. The van der Waals surface area contributed by atoms with Crippen molar-refractivity contribution < 1.29 is 35.9 Å². The molecule has 174 valence electrons. The molecule has 0 atom stereocenters. The molecule has 0 N–H and O–H groups in total. The molecule has 0 radical (unpaired) electrons. The van der Waals surface area contributed by atoms with Crippen LogP contribution in [0.4, 0.5) is 13.2 Å². The smallest absolute Gasteiger partial charge is 0.422 e. The van der Waals surface area contributed by atoms with Crippen LogP contribution in [0.1, 0.15) is 30.1 Å². The van der Waals surface area contributed by atoms with Crippen LogP contribution in [0.3, 0.4) is 0 Å². The molecule has 0 spiro atoms. The summed E-state index contributed by atoms with van der Waals surface area (Å²) in [4.78, 5) is 14.6. The number of benzene rings is 2. The van der Waals surface area contributed by atoms with Crippen molar-refractivity contribution in [2.45, 2.75) is 36.9 Å². The average molecular weight is 471 g/mol. The Balaban J connectivity index is 1.60. The summed E-state index contributed by atoms with van der Waals surface area (Å²) in [6, 6.07) is 12.2. The van der Waals surface area contributed by atoms with Gasteiger partial charge in [0.1, 0.15) is 17.6 Å². The average Bonchev–Trinajstić information content (AvgIpc) is 2.77. The summed E-state index contributed by atoms with van der Waals surface area (Å²) in [7, 11) is -3.54. The number of alkyl halides is 3. The van der Waals surface area contributed by atoms with Gasteiger partial charge in [0.15, 0.2) is 16.4 Å². The standard InChI is InChI=1S/C22H24F3NO5S/c1-2-32(28,29)20-9-4-3-8-19(20)21(27)26-12-10-16(11-13-26)31-18-7-5-6-17(14-18)30-15-22(23,24)25/h3-9,14,16H,2,10-13,15H2,1H3. The first kappa shape index (κ1) is 23.9. The number of carbonyl (C=O) groups is 1. The van der Waals surface area contributed by atoms with Crippen molar-refractivity contribution in [2.75, 3.05) is 25.4 Å². The number of ether oxygens (including phenoxy) is 2. The van der Waals surface area contributed by atoms with Gasteiger partial charge in [-0.15, -0.1) is 0 Å². The molecule has 6 nitrogen and oxygen atoms in total. The molecule has 1 aliphatic rings. The Kier molecular flexibility index (Phi) is 7.33. The molecule has 0 unspecified atom stereocenters. The number of halogens is 3. The maximum Gasteiger partial charge on any atom is 0.422 e. The second-order valence-electron chi connectivity index (χ2n) is 7.39. The highest BCUT2D eigenvalue weighted by Gasteiger charge is 2.29. The molecular formula is C22H24F3NO5S. The Hall–Kier alpha value is -2.75. The monoisotopic (exact) mass is 471 g/mol. The van der Waals surface area contributed by atoms with E-state index in [0.717, 1.165) is 0 Å². The lowest BCUT2D eigenvalue weighted by molar-refractivity contribution is -0.153. The van der Waals surface area contributed by atoms with Crippen LogP contribution in [0.5, 0.6) is 11.5 Å². The molecule has 0 aliphatic carbocycles. The molecule has 0 bridgehead atoms. The predicted molar refractivity (Wildman–Crippen MR) is 112 cm³/mol. The van der Waals surface area contributed by atoms with Crippen molar-refractivity contribution in [2.24, 2.45) is 0 Å². The lowest BCUT2D eigenvalue weighted by Gasteiger charge is -2.32. The van der Waals surface area contributed by atoms with E-state index in [-0.39, 0.29) is 34.0 Å². The Morgan fingerprint density at radius 3 is 2.38 bits per heavy atom. The number of hydrogen-bond acceptors (Lipinski definition) is 5. The van der Waals surface area contributed by atoms with Crippen LogP contribution in [0.15, 0.2) is 53.4 Å². The molecule has 1 amide bonds. The first-order valence-electron chi connectivity index (χ1n) is 10.2. The molecule has 2 aromatic carbocycles. The maximum absolute atomic E-state index is 13.0. The number of likely N-dealkylation sites (tertiary alicyclic amines) is 1. The van der Waals surface area contributed by atoms with E-state index in [4.69, 9.17) is 9.47 Å². The fourth-order valence-corrected chi connectivity index (χ4v) is 4.50. The van der Waals surface area contributed by atoms with Crippen molar-refractivity contribution in [3.63, 3.8) is 0 Å². The SMILES string of the molecule is CCS(=O)(=O)c1ccccc1C(=O)N1CCC(Oc2cccc(OCC(F)(F)F)c2)CC1. The molecular weight excluding hydrogens is 447 g/mol. The van der Waals surface area contributed by atoms with Gasteiger partial charge in [-0.25, -0.2) is 8.42 Å². The van der Waals surface area contributed by atoms with Gasteiger partial charge in [-0.05, 0) is 24.3 Å². The Morgan fingerprint density at radius 1 is 1.06 bits per heavy atom. The van der Waals surface area contributed by atoms with Gasteiger partial charge < -0.3 is 14.4 Å². The minimum absolute atomic E-state index is 0.0292. The third-order valence-electron chi connectivity index (χ3n) is 5.07. The summed E-state index contributed by atoms with van der Waals surface area (Å²) in [6.07, 6.45) is -3.65. The van der Waals surface area contributed by atoms with E-state index in [1.54, 1.807) is 29.2 Å². The van der Waals surface area contributed by atoms with Crippen molar-refractivity contribution in [1.29, 1.82) is 0 Å². The van der Waals surface area contributed by atoms with Crippen LogP contribution in [0, 0.1) is 0 Å². The third kappa shape index (κ3) is 6.15. The van der Waals surface area contributed by atoms with E-state index >= 15 is 0 Å². The second-order valence-corrected chi connectivity index (χ2v) is 9.63. The van der Waals surface area contributed by atoms with E-state index < -0.39 is 22.6 Å². The molecule has 1 fully saturated rings. The van der Waals surface area contributed by atoms with Crippen LogP contribution in [0.2, 0.25) is 0 Å². The summed E-state index contributed by atoms with van der Waals surface area (Å²) in [5.74, 6) is -0.00693. The summed E-state index contributed by atoms with van der Waals surface area (Å²) in [5, 5.41) is 0. The van der Waals surface area contributed by atoms with Crippen LogP contribution in [-0.2, 0) is 9.84 Å². The lowest BCUT2D eigenvalue weighted by atomic mass is 10.1. The van der Waals surface area contributed by atoms with Crippen LogP contribution in [0.25, 0.3) is 0 Å². The molecule has 1 saturated heterocycles. The number of sulfone groups is 1. The van der Waals surface area contributed by atoms with E-state index in [1.807, 2.05) is 0 Å². The van der Waals surface area contributed by atoms with E-state index in [2.05, 4.69) is 0 Å². The highest BCUT2D eigenvalue weighted by Crippen LogP contribution is 2.26. The quantitative estimate of drug-likeness (QED) is 0.608. The summed E-state index contributed by atoms with van der Waals surface area (Å²) in [5.41, 5.74) is 0.156. The van der Waals surface area contributed by atoms with Gasteiger partial charge in [-0.1, -0.05) is 25.1 Å². The molecule has 10 heteroatoms. The van der Waals surface area contributed by atoms with Crippen LogP contribution in [-0.4, -0.2) is 57.0 Å². The molecule has 32 heavy (non-hydrogen) atoms. The first-order valence-corrected chi connectivity index (χ1v) is 11.8. The van der Waals surface area contributed by atoms with Crippen LogP contribution < -0.4 is 9.47 Å². The minimum Gasteiger partial charge on any atom is -0.490 e. The zero-order valence-corrected chi connectivity index (χ0v) is 18.3. The zero-order chi connectivity index (χ0) is 23.4. The minimum atomic E-state index is -4.43. The van der Waals surface area contributed by atoms with Gasteiger partial charge in [0.25, 0.3) is 5.91 Å². The Morgan fingerprint density at radius 2 is 1.72 bits per heavy atom. The second kappa shape index (κ2) is 9.81. The van der Waals surface area contributed by atoms with Gasteiger partial charge in [0.2, 0.25) is 0 Å². The van der Waals surface area contributed by atoms with Gasteiger partial charge in [-0.2, -0.15) is 13.2 Å². The lowest BCUT2D eigenvalue weighted by Crippen LogP contribution is -2.42. The van der Waals surface area contributed by atoms with Gasteiger partial charge in [-0.3, -0.25) is 4.79 Å². The number of carbonyl (C=O) groups excluding carboxylic acids is 1. The number of nitrogens with zero attached hydrogens (tertiary/aromatic N) is 1. The van der Waals surface area contributed by atoms with Crippen LogP contribution >= 0.6 is 0 Å². The number of piperidine rings is 1. The van der Waals surface area contributed by atoms with Gasteiger partial charge in [0, 0.05) is 32.0 Å². The molecule has 1 aliphatic heterocycles. The molecule has 1 heterocycles. The summed E-state index contributed by atoms with van der Waals surface area (Å²) >= 11 is 0. The van der Waals surface area contributed by atoms with Crippen molar-refractivity contribution in [3.8, 4) is 11.5 Å². The third-order valence-corrected chi connectivity index (χ3v) is 6.86. The Labute approximate surface area is 184 Å². The largest absolute Gasteiger partial charge is 0.490 e. The van der Waals surface area contributed by atoms with Gasteiger partial charge in [0.05, 0.1) is 16.2 Å². The number of hydrogen-bond donors (Lipinski definition) is 0. The van der Waals surface area contributed by atoms with E-state index in [1.165, 1.54) is 31.2 Å². The predicted octanol–water partition coefficient (Wildman–Crippen LogP) is 4.10. The summed E-state index contributed by atoms with van der Waals surface area (Å²) < 4.78 is 72.2. The first-order chi connectivity index (χ1) is 15.1. The topological polar surface area (TPSA) is 72.9 Å². The van der Waals surface area contributed by atoms with Crippen molar-refractivity contribution >= 4 is 15.7 Å². The highest BCUT2D eigenvalue weighted by atomic mass is 32.2. The van der Waals surface area contributed by atoms with E-state index in [9.17, 15) is 26.4 Å². The molecule has 3 rings (SSSR count). The molecule has 2 aromatic rings. The highest BCUT2D eigenvalue weighted by molar-refractivity contribution is 7.91. The number of amides is 1. The van der Waals surface area contributed by atoms with Gasteiger partial charge >= 0.3 is 6.18 Å². The normalized spacial score (nSPS) is 15.4. The fraction of sp³-hybridized carbons (Fsp3) is 0.409. The maximum atomic E-state index is 13.0. The number of rotatable bonds is 7. The molecule has 0 aromatic heterocycles. The Bertz CT molecular complexity index is 1050. The van der Waals surface area contributed by atoms with Crippen molar-refractivity contribution in [3.05, 3.63) is 54.1 Å².